The summed E-state index contributed by atoms with van der Waals surface area (Å²) < 4.78 is 0. The highest BCUT2D eigenvalue weighted by Crippen LogP contribution is 2.58. The van der Waals surface area contributed by atoms with Crippen LogP contribution in [0.25, 0.3) is 0 Å². The van der Waals surface area contributed by atoms with Crippen LogP contribution in [0.3, 0.4) is 0 Å². The molecule has 2 saturated carbocycles. The summed E-state index contributed by atoms with van der Waals surface area (Å²) in [6.07, 6.45) is 3.84. The van der Waals surface area contributed by atoms with Crippen molar-refractivity contribution in [2.75, 3.05) is 0 Å². The van der Waals surface area contributed by atoms with Crippen LogP contribution in [0.2, 0.25) is 0 Å². The van der Waals surface area contributed by atoms with E-state index in [1.54, 1.807) is 12.1 Å². The molecule has 0 unspecified atom stereocenters. The number of ketones is 2. The Labute approximate surface area is 124 Å². The molecule has 0 radical (unpaired) electrons. The predicted molar refractivity (Wildman–Crippen MR) is 78.1 cm³/mol. The smallest absolute Gasteiger partial charge is 0.141 e. The first-order valence-corrected chi connectivity index (χ1v) is 7.88. The normalized spacial score (nSPS) is 37.9. The number of rotatable bonds is 0. The molecule has 3 aliphatic carbocycles. The topological polar surface area (TPSA) is 54.4 Å². The first-order valence-electron chi connectivity index (χ1n) is 7.88. The van der Waals surface area contributed by atoms with Crippen molar-refractivity contribution in [1.82, 2.24) is 0 Å². The lowest BCUT2D eigenvalue weighted by Gasteiger charge is -2.47. The van der Waals surface area contributed by atoms with Crippen LogP contribution in [0.1, 0.15) is 49.7 Å². The number of aromatic hydroxyl groups is 1. The van der Waals surface area contributed by atoms with Crippen molar-refractivity contribution in [3.8, 4) is 5.75 Å². The van der Waals surface area contributed by atoms with Gasteiger partial charge in [-0.25, -0.2) is 0 Å². The van der Waals surface area contributed by atoms with Crippen LogP contribution in [-0.4, -0.2) is 16.7 Å². The molecule has 3 heteroatoms. The molecular formula is C18H20O3. The Morgan fingerprint density at radius 1 is 1.19 bits per heavy atom. The standard InChI is InChI=1S/C18H20O3/c1-18-9-15(20)17-12-5-3-11(19)8-10(12)2-4-13(17)14(18)6-7-16(18)21/h3,5,8,13-14,17,19H,2,4,6-7,9H2,1H3/t13-,14+,17+,18-/m1/s1. The summed E-state index contributed by atoms with van der Waals surface area (Å²) in [5.74, 6) is 1.39. The van der Waals surface area contributed by atoms with E-state index in [1.165, 1.54) is 0 Å². The summed E-state index contributed by atoms with van der Waals surface area (Å²) in [6, 6.07) is 5.40. The third-order valence-corrected chi connectivity index (χ3v) is 6.18. The predicted octanol–water partition coefficient (Wildman–Crippen LogP) is 3.00. The Morgan fingerprint density at radius 2 is 2.00 bits per heavy atom. The fraction of sp³-hybridized carbons (Fsp3) is 0.556. The zero-order valence-electron chi connectivity index (χ0n) is 12.3. The van der Waals surface area contributed by atoms with Crippen LogP contribution in [0, 0.1) is 17.3 Å². The van der Waals surface area contributed by atoms with Crippen LogP contribution in [0.4, 0.5) is 0 Å². The molecule has 21 heavy (non-hydrogen) atoms. The number of aryl methyl sites for hydroxylation is 1. The summed E-state index contributed by atoms with van der Waals surface area (Å²) in [5.41, 5.74) is 1.79. The van der Waals surface area contributed by atoms with Gasteiger partial charge in [-0.1, -0.05) is 13.0 Å². The molecule has 110 valence electrons. The Balaban J connectivity index is 1.80. The van der Waals surface area contributed by atoms with Crippen molar-refractivity contribution in [3.05, 3.63) is 29.3 Å². The van der Waals surface area contributed by atoms with Gasteiger partial charge in [0.15, 0.2) is 0 Å². The highest BCUT2D eigenvalue weighted by atomic mass is 16.3. The molecule has 4 atom stereocenters. The van der Waals surface area contributed by atoms with Crippen LogP contribution in [0.5, 0.6) is 5.75 Å². The number of benzene rings is 1. The minimum Gasteiger partial charge on any atom is -0.508 e. The summed E-state index contributed by atoms with van der Waals surface area (Å²) >= 11 is 0. The molecule has 1 N–H and O–H groups in total. The molecule has 3 nitrogen and oxygen atoms in total. The molecule has 0 aromatic heterocycles. The third kappa shape index (κ3) is 1.66. The molecule has 0 aliphatic heterocycles. The van der Waals surface area contributed by atoms with Gasteiger partial charge < -0.3 is 5.11 Å². The minimum absolute atomic E-state index is 0.0571. The molecular weight excluding hydrogens is 264 g/mol. The average molecular weight is 284 g/mol. The van der Waals surface area contributed by atoms with Crippen LogP contribution in [0.15, 0.2) is 18.2 Å². The van der Waals surface area contributed by atoms with Crippen molar-refractivity contribution in [2.45, 2.75) is 44.9 Å². The van der Waals surface area contributed by atoms with Gasteiger partial charge in [0.25, 0.3) is 0 Å². The van der Waals surface area contributed by atoms with Crippen molar-refractivity contribution >= 4 is 11.6 Å². The lowest BCUT2D eigenvalue weighted by atomic mass is 9.55. The van der Waals surface area contributed by atoms with E-state index in [0.717, 1.165) is 30.4 Å². The number of Topliss-reactive ketones (excluding diaryl/α,β-unsaturated/α-hetero) is 2. The van der Waals surface area contributed by atoms with E-state index >= 15 is 0 Å². The number of phenols is 1. The summed E-state index contributed by atoms with van der Waals surface area (Å²) in [5, 5.41) is 9.65. The van der Waals surface area contributed by atoms with Crippen molar-refractivity contribution in [2.24, 2.45) is 17.3 Å². The molecule has 0 spiro atoms. The van der Waals surface area contributed by atoms with E-state index in [0.29, 0.717) is 24.7 Å². The highest BCUT2D eigenvalue weighted by Gasteiger charge is 2.57. The lowest BCUT2D eigenvalue weighted by molar-refractivity contribution is -0.139. The first kappa shape index (κ1) is 13.1. The van der Waals surface area contributed by atoms with Crippen LogP contribution < -0.4 is 0 Å². The van der Waals surface area contributed by atoms with Gasteiger partial charge in [-0.05, 0) is 54.4 Å². The van der Waals surface area contributed by atoms with E-state index in [-0.39, 0.29) is 23.2 Å². The number of phenolic OH excluding ortho intramolecular Hbond substituents is 1. The van der Waals surface area contributed by atoms with Gasteiger partial charge >= 0.3 is 0 Å². The number of hydrogen-bond donors (Lipinski definition) is 1. The fourth-order valence-corrected chi connectivity index (χ4v) is 5.16. The van der Waals surface area contributed by atoms with Crippen molar-refractivity contribution in [1.29, 1.82) is 0 Å². The van der Waals surface area contributed by atoms with Gasteiger partial charge in [0.2, 0.25) is 0 Å². The molecule has 0 amide bonds. The molecule has 0 heterocycles. The van der Waals surface area contributed by atoms with Gasteiger partial charge in [0, 0.05) is 24.2 Å². The maximum atomic E-state index is 12.8. The van der Waals surface area contributed by atoms with E-state index in [4.69, 9.17) is 0 Å². The quantitative estimate of drug-likeness (QED) is 0.797. The van der Waals surface area contributed by atoms with Gasteiger partial charge in [-0.2, -0.15) is 0 Å². The van der Waals surface area contributed by atoms with Crippen LogP contribution >= 0.6 is 0 Å². The minimum atomic E-state index is -0.410. The van der Waals surface area contributed by atoms with Gasteiger partial charge in [0.05, 0.1) is 0 Å². The van der Waals surface area contributed by atoms with Crippen molar-refractivity contribution < 1.29 is 14.7 Å². The highest BCUT2D eigenvalue weighted by molar-refractivity contribution is 5.97. The fourth-order valence-electron chi connectivity index (χ4n) is 5.16. The summed E-state index contributed by atoms with van der Waals surface area (Å²) in [7, 11) is 0. The Morgan fingerprint density at radius 3 is 2.81 bits per heavy atom. The zero-order chi connectivity index (χ0) is 14.8. The summed E-state index contributed by atoms with van der Waals surface area (Å²) in [6.45, 7) is 2.01. The van der Waals surface area contributed by atoms with Crippen LogP contribution in [-0.2, 0) is 16.0 Å². The SMILES string of the molecule is C[C@@]12CC(=O)[C@H]3c4ccc(O)cc4CC[C@@H]3[C@@H]1CCC2=O. The number of carbonyl (C=O) groups is 2. The summed E-state index contributed by atoms with van der Waals surface area (Å²) in [4.78, 5) is 25.0. The second kappa shape index (κ2) is 4.19. The molecule has 2 fully saturated rings. The van der Waals surface area contributed by atoms with E-state index in [9.17, 15) is 14.7 Å². The Bertz CT molecular complexity index is 648. The second-order valence-electron chi connectivity index (χ2n) is 7.19. The molecule has 1 aromatic carbocycles. The van der Waals surface area contributed by atoms with Gasteiger partial charge in [0.1, 0.15) is 17.3 Å². The van der Waals surface area contributed by atoms with E-state index < -0.39 is 5.41 Å². The van der Waals surface area contributed by atoms with Gasteiger partial charge in [-0.3, -0.25) is 9.59 Å². The monoisotopic (exact) mass is 284 g/mol. The Kier molecular flexibility index (Phi) is 2.60. The average Bonchev–Trinajstić information content (AvgIpc) is 2.74. The molecule has 0 saturated heterocycles. The molecule has 1 aromatic rings. The number of fused-ring (bicyclic) bond motifs is 5. The maximum absolute atomic E-state index is 12.8. The number of carbonyl (C=O) groups excluding carboxylic acids is 2. The zero-order valence-corrected chi connectivity index (χ0v) is 12.3. The largest absolute Gasteiger partial charge is 0.508 e. The van der Waals surface area contributed by atoms with E-state index in [2.05, 4.69) is 0 Å². The molecule has 0 bridgehead atoms. The number of hydrogen-bond acceptors (Lipinski definition) is 3. The molecule has 4 rings (SSSR count). The lowest BCUT2D eigenvalue weighted by Crippen LogP contribution is -2.47. The first-order chi connectivity index (χ1) is 10.0. The second-order valence-corrected chi connectivity index (χ2v) is 7.19. The molecule has 3 aliphatic rings. The van der Waals surface area contributed by atoms with Crippen molar-refractivity contribution in [3.63, 3.8) is 0 Å². The maximum Gasteiger partial charge on any atom is 0.141 e. The van der Waals surface area contributed by atoms with E-state index in [1.807, 2.05) is 13.0 Å². The Hall–Kier alpha value is -1.64. The van der Waals surface area contributed by atoms with Gasteiger partial charge in [-0.15, -0.1) is 0 Å². The third-order valence-electron chi connectivity index (χ3n) is 6.18.